The first kappa shape index (κ1) is 14.8. The number of pyridine rings is 1. The SMILES string of the molecule is Cc1cccc2nc(C(=O)Nc3ccccc3N3CCCC3)cn12. The number of carbonyl (C=O) groups is 1. The number of nitrogens with zero attached hydrogens (tertiary/aromatic N) is 3. The highest BCUT2D eigenvalue weighted by molar-refractivity contribution is 6.05. The van der Waals surface area contributed by atoms with Gasteiger partial charge in [0.05, 0.1) is 11.4 Å². The Kier molecular flexibility index (Phi) is 3.69. The van der Waals surface area contributed by atoms with Gasteiger partial charge in [0, 0.05) is 25.0 Å². The molecule has 122 valence electrons. The fraction of sp³-hybridized carbons (Fsp3) is 0.263. The fourth-order valence-corrected chi connectivity index (χ4v) is 3.26. The second-order valence-electron chi connectivity index (χ2n) is 6.19. The van der Waals surface area contributed by atoms with Gasteiger partial charge in [-0.3, -0.25) is 4.79 Å². The maximum Gasteiger partial charge on any atom is 0.275 e. The first-order valence-electron chi connectivity index (χ1n) is 8.32. The van der Waals surface area contributed by atoms with Gasteiger partial charge in [-0.1, -0.05) is 18.2 Å². The molecule has 0 atom stereocenters. The molecule has 1 amide bonds. The zero-order valence-corrected chi connectivity index (χ0v) is 13.7. The van der Waals surface area contributed by atoms with E-state index < -0.39 is 0 Å². The third-order valence-corrected chi connectivity index (χ3v) is 4.53. The highest BCUT2D eigenvalue weighted by Gasteiger charge is 2.18. The van der Waals surface area contributed by atoms with Crippen molar-refractivity contribution >= 4 is 22.9 Å². The van der Waals surface area contributed by atoms with Gasteiger partial charge in [0.2, 0.25) is 0 Å². The number of amides is 1. The molecule has 0 spiro atoms. The predicted octanol–water partition coefficient (Wildman–Crippen LogP) is 3.50. The van der Waals surface area contributed by atoms with Gasteiger partial charge >= 0.3 is 0 Å². The quantitative estimate of drug-likeness (QED) is 0.803. The van der Waals surface area contributed by atoms with E-state index in [2.05, 4.69) is 21.3 Å². The maximum atomic E-state index is 12.7. The first-order valence-corrected chi connectivity index (χ1v) is 8.32. The molecule has 0 saturated carbocycles. The van der Waals surface area contributed by atoms with Crippen LogP contribution in [0.15, 0.2) is 48.7 Å². The van der Waals surface area contributed by atoms with Crippen molar-refractivity contribution in [1.82, 2.24) is 9.38 Å². The zero-order chi connectivity index (χ0) is 16.5. The van der Waals surface area contributed by atoms with Crippen molar-refractivity contribution in [3.05, 3.63) is 60.0 Å². The van der Waals surface area contributed by atoms with Crippen LogP contribution >= 0.6 is 0 Å². The second kappa shape index (κ2) is 6.00. The van der Waals surface area contributed by atoms with E-state index in [0.29, 0.717) is 5.69 Å². The van der Waals surface area contributed by atoms with Gasteiger partial charge in [0.25, 0.3) is 5.91 Å². The van der Waals surface area contributed by atoms with E-state index in [0.717, 1.165) is 35.8 Å². The Balaban J connectivity index is 1.63. The van der Waals surface area contributed by atoms with E-state index in [9.17, 15) is 4.79 Å². The molecule has 0 radical (unpaired) electrons. The van der Waals surface area contributed by atoms with Crippen LogP contribution in [0.5, 0.6) is 0 Å². The minimum absolute atomic E-state index is 0.176. The van der Waals surface area contributed by atoms with E-state index in [1.807, 2.05) is 47.7 Å². The van der Waals surface area contributed by atoms with Gasteiger partial charge in [-0.25, -0.2) is 4.98 Å². The lowest BCUT2D eigenvalue weighted by molar-refractivity contribution is 0.102. The van der Waals surface area contributed by atoms with Crippen molar-refractivity contribution < 1.29 is 4.79 Å². The lowest BCUT2D eigenvalue weighted by atomic mass is 10.2. The first-order chi connectivity index (χ1) is 11.7. The van der Waals surface area contributed by atoms with Gasteiger partial charge in [-0.15, -0.1) is 0 Å². The zero-order valence-electron chi connectivity index (χ0n) is 13.7. The summed E-state index contributed by atoms with van der Waals surface area (Å²) < 4.78 is 1.93. The van der Waals surface area contributed by atoms with Gasteiger partial charge in [0.15, 0.2) is 0 Å². The summed E-state index contributed by atoms with van der Waals surface area (Å²) in [6.45, 7) is 4.08. The predicted molar refractivity (Wildman–Crippen MR) is 95.8 cm³/mol. The molecule has 1 aliphatic rings. The molecule has 0 bridgehead atoms. The van der Waals surface area contributed by atoms with Crippen LogP contribution in [-0.4, -0.2) is 28.4 Å². The van der Waals surface area contributed by atoms with Crippen LogP contribution in [0.2, 0.25) is 0 Å². The molecule has 5 nitrogen and oxygen atoms in total. The fourth-order valence-electron chi connectivity index (χ4n) is 3.26. The molecule has 1 saturated heterocycles. The molecule has 24 heavy (non-hydrogen) atoms. The Morgan fingerprint density at radius 1 is 1.08 bits per heavy atom. The number of anilines is 2. The summed E-state index contributed by atoms with van der Waals surface area (Å²) in [4.78, 5) is 19.4. The number of nitrogens with one attached hydrogen (secondary N) is 1. The number of aromatic nitrogens is 2. The van der Waals surface area contributed by atoms with Gasteiger partial charge in [-0.2, -0.15) is 0 Å². The van der Waals surface area contributed by atoms with E-state index >= 15 is 0 Å². The average molecular weight is 320 g/mol. The van der Waals surface area contributed by atoms with Crippen molar-refractivity contribution in [2.75, 3.05) is 23.3 Å². The van der Waals surface area contributed by atoms with Crippen LogP contribution in [0.25, 0.3) is 5.65 Å². The van der Waals surface area contributed by atoms with Crippen molar-refractivity contribution in [3.8, 4) is 0 Å². The minimum atomic E-state index is -0.176. The molecule has 1 N–H and O–H groups in total. The summed E-state index contributed by atoms with van der Waals surface area (Å²) in [7, 11) is 0. The molecule has 1 aromatic carbocycles. The van der Waals surface area contributed by atoms with Crippen LogP contribution in [0, 0.1) is 6.92 Å². The Labute approximate surface area is 140 Å². The molecular formula is C19H20N4O. The number of rotatable bonds is 3. The molecule has 1 fully saturated rings. The maximum absolute atomic E-state index is 12.7. The van der Waals surface area contributed by atoms with E-state index in [1.54, 1.807) is 6.20 Å². The van der Waals surface area contributed by atoms with Crippen LogP contribution in [0.1, 0.15) is 29.0 Å². The molecule has 0 aliphatic carbocycles. The Hall–Kier alpha value is -2.82. The Morgan fingerprint density at radius 2 is 1.88 bits per heavy atom. The number of benzene rings is 1. The van der Waals surface area contributed by atoms with Gasteiger partial charge in [0.1, 0.15) is 11.3 Å². The summed E-state index contributed by atoms with van der Waals surface area (Å²) in [5, 5.41) is 3.03. The van der Waals surface area contributed by atoms with Crippen molar-refractivity contribution in [2.45, 2.75) is 19.8 Å². The highest BCUT2D eigenvalue weighted by atomic mass is 16.1. The van der Waals surface area contributed by atoms with Crippen LogP contribution in [0.3, 0.4) is 0 Å². The van der Waals surface area contributed by atoms with Crippen LogP contribution < -0.4 is 10.2 Å². The largest absolute Gasteiger partial charge is 0.370 e. The van der Waals surface area contributed by atoms with Crippen LogP contribution in [-0.2, 0) is 0 Å². The summed E-state index contributed by atoms with van der Waals surface area (Å²) in [6.07, 6.45) is 4.19. The molecule has 4 rings (SSSR count). The summed E-state index contributed by atoms with van der Waals surface area (Å²) in [5.74, 6) is -0.176. The summed E-state index contributed by atoms with van der Waals surface area (Å²) in [6, 6.07) is 13.8. The smallest absolute Gasteiger partial charge is 0.275 e. The number of carbonyl (C=O) groups excluding carboxylic acids is 1. The van der Waals surface area contributed by atoms with E-state index in [4.69, 9.17) is 0 Å². The minimum Gasteiger partial charge on any atom is -0.370 e. The number of imidazole rings is 1. The topological polar surface area (TPSA) is 49.6 Å². The molecule has 1 aliphatic heterocycles. The number of fused-ring (bicyclic) bond motifs is 1. The standard InChI is InChI=1S/C19H20N4O/c1-14-7-6-10-18-20-16(13-23(14)18)19(24)21-15-8-2-3-9-17(15)22-11-4-5-12-22/h2-3,6-10,13H,4-5,11-12H2,1H3,(H,21,24). The Morgan fingerprint density at radius 3 is 2.67 bits per heavy atom. The monoisotopic (exact) mass is 320 g/mol. The number of aryl methyl sites for hydroxylation is 1. The normalized spacial score (nSPS) is 14.3. The van der Waals surface area contributed by atoms with Crippen molar-refractivity contribution in [2.24, 2.45) is 0 Å². The van der Waals surface area contributed by atoms with E-state index in [-0.39, 0.29) is 5.91 Å². The number of hydrogen-bond donors (Lipinski definition) is 1. The Bertz CT molecular complexity index is 893. The average Bonchev–Trinajstić information content (AvgIpc) is 3.25. The molecule has 0 unspecified atom stereocenters. The molecule has 5 heteroatoms. The van der Waals surface area contributed by atoms with Crippen molar-refractivity contribution in [3.63, 3.8) is 0 Å². The third kappa shape index (κ3) is 2.62. The van der Waals surface area contributed by atoms with Gasteiger partial charge < -0.3 is 14.6 Å². The molecule has 3 heterocycles. The lowest BCUT2D eigenvalue weighted by Gasteiger charge is -2.21. The summed E-state index contributed by atoms with van der Waals surface area (Å²) >= 11 is 0. The lowest BCUT2D eigenvalue weighted by Crippen LogP contribution is -2.21. The second-order valence-corrected chi connectivity index (χ2v) is 6.19. The van der Waals surface area contributed by atoms with Crippen LogP contribution in [0.4, 0.5) is 11.4 Å². The summed E-state index contributed by atoms with van der Waals surface area (Å²) in [5.41, 5.74) is 4.20. The van der Waals surface area contributed by atoms with Gasteiger partial charge in [-0.05, 0) is 44.0 Å². The molecular weight excluding hydrogens is 300 g/mol. The highest BCUT2D eigenvalue weighted by Crippen LogP contribution is 2.29. The molecule has 3 aromatic rings. The number of hydrogen-bond acceptors (Lipinski definition) is 3. The molecule has 2 aromatic heterocycles. The van der Waals surface area contributed by atoms with E-state index in [1.165, 1.54) is 12.8 Å². The third-order valence-electron chi connectivity index (χ3n) is 4.53. The number of para-hydroxylation sites is 2. The van der Waals surface area contributed by atoms with Crippen molar-refractivity contribution in [1.29, 1.82) is 0 Å².